The van der Waals surface area contributed by atoms with Gasteiger partial charge in [0, 0.05) is 17.0 Å². The zero-order valence-electron chi connectivity index (χ0n) is 15.2. The van der Waals surface area contributed by atoms with Gasteiger partial charge in [-0.05, 0) is 24.1 Å². The van der Waals surface area contributed by atoms with Gasteiger partial charge in [-0.25, -0.2) is 4.98 Å². The first-order valence-corrected chi connectivity index (χ1v) is 9.54. The minimum Gasteiger partial charge on any atom is -0.487 e. The SMILES string of the molecule is CCCOc1ccc(/C=C(/C#N)c2nc(-c3ccccc3)cs2)cc1[N+](=O)[O-]. The maximum absolute atomic E-state index is 11.4. The number of benzene rings is 2. The molecule has 0 aliphatic heterocycles. The second-order valence-corrected chi connectivity index (χ2v) is 6.76. The van der Waals surface area contributed by atoms with Crippen LogP contribution in [0.25, 0.3) is 22.9 Å². The lowest BCUT2D eigenvalue weighted by atomic mass is 10.1. The van der Waals surface area contributed by atoms with Gasteiger partial charge in [0.2, 0.25) is 0 Å². The molecule has 7 heteroatoms. The highest BCUT2D eigenvalue weighted by atomic mass is 32.1. The first kappa shape index (κ1) is 19.3. The quantitative estimate of drug-likeness (QED) is 0.298. The number of nitro groups is 1. The van der Waals surface area contributed by atoms with Crippen LogP contribution in [0.2, 0.25) is 0 Å². The Morgan fingerprint density at radius 1 is 1.32 bits per heavy atom. The minimum atomic E-state index is -0.481. The van der Waals surface area contributed by atoms with Gasteiger partial charge in [0.1, 0.15) is 11.1 Å². The van der Waals surface area contributed by atoms with Crippen LogP contribution >= 0.6 is 11.3 Å². The molecule has 1 heterocycles. The van der Waals surface area contributed by atoms with Crippen LogP contribution in [0.1, 0.15) is 23.9 Å². The summed E-state index contributed by atoms with van der Waals surface area (Å²) in [6.07, 6.45) is 2.36. The van der Waals surface area contributed by atoms with Crippen molar-refractivity contribution in [1.29, 1.82) is 5.26 Å². The van der Waals surface area contributed by atoms with E-state index in [1.807, 2.05) is 42.6 Å². The highest BCUT2D eigenvalue weighted by molar-refractivity contribution is 7.11. The molecule has 140 valence electrons. The second kappa shape index (κ2) is 8.93. The molecule has 3 aromatic rings. The molecule has 28 heavy (non-hydrogen) atoms. The van der Waals surface area contributed by atoms with Gasteiger partial charge >= 0.3 is 5.69 Å². The number of ether oxygens (including phenoxy) is 1. The molecule has 3 rings (SSSR count). The van der Waals surface area contributed by atoms with E-state index >= 15 is 0 Å². The number of nitro benzene ring substituents is 1. The van der Waals surface area contributed by atoms with Crippen molar-refractivity contribution in [3.05, 3.63) is 74.6 Å². The van der Waals surface area contributed by atoms with E-state index in [1.54, 1.807) is 18.2 Å². The van der Waals surface area contributed by atoms with Crippen LogP contribution in [0.15, 0.2) is 53.9 Å². The zero-order chi connectivity index (χ0) is 19.9. The molecule has 0 fully saturated rings. The van der Waals surface area contributed by atoms with E-state index in [0.29, 0.717) is 22.8 Å². The molecule has 0 atom stereocenters. The average Bonchev–Trinajstić information content (AvgIpc) is 3.21. The van der Waals surface area contributed by atoms with E-state index in [-0.39, 0.29) is 11.4 Å². The number of nitrogens with zero attached hydrogens (tertiary/aromatic N) is 3. The number of allylic oxidation sites excluding steroid dienone is 1. The van der Waals surface area contributed by atoms with Crippen molar-refractivity contribution in [2.45, 2.75) is 13.3 Å². The Balaban J connectivity index is 1.93. The van der Waals surface area contributed by atoms with Crippen LogP contribution in [-0.2, 0) is 0 Å². The Morgan fingerprint density at radius 3 is 2.79 bits per heavy atom. The van der Waals surface area contributed by atoms with Gasteiger partial charge in [-0.2, -0.15) is 5.26 Å². The summed E-state index contributed by atoms with van der Waals surface area (Å²) in [5, 5.41) is 23.4. The summed E-state index contributed by atoms with van der Waals surface area (Å²) in [4.78, 5) is 15.4. The number of thiazole rings is 1. The molecule has 0 saturated heterocycles. The fourth-order valence-corrected chi connectivity index (χ4v) is 3.34. The number of hydrogen-bond acceptors (Lipinski definition) is 6. The van der Waals surface area contributed by atoms with Crippen LogP contribution in [0.5, 0.6) is 5.75 Å². The summed E-state index contributed by atoms with van der Waals surface area (Å²) in [5.74, 6) is 0.225. The smallest absolute Gasteiger partial charge is 0.311 e. The fourth-order valence-electron chi connectivity index (χ4n) is 2.55. The predicted molar refractivity (Wildman–Crippen MR) is 110 cm³/mol. The van der Waals surface area contributed by atoms with Crippen LogP contribution in [-0.4, -0.2) is 16.5 Å². The number of hydrogen-bond donors (Lipinski definition) is 0. The Labute approximate surface area is 166 Å². The topological polar surface area (TPSA) is 89.0 Å². The highest BCUT2D eigenvalue weighted by Crippen LogP contribution is 2.31. The second-order valence-electron chi connectivity index (χ2n) is 5.91. The predicted octanol–water partition coefficient (Wildman–Crippen LogP) is 5.57. The lowest BCUT2D eigenvalue weighted by Gasteiger charge is -2.06. The molecule has 0 bridgehead atoms. The highest BCUT2D eigenvalue weighted by Gasteiger charge is 2.16. The van der Waals surface area contributed by atoms with Gasteiger partial charge in [0.05, 0.1) is 22.8 Å². The zero-order valence-corrected chi connectivity index (χ0v) is 16.0. The average molecular weight is 391 g/mol. The fraction of sp³-hybridized carbons (Fsp3) is 0.143. The van der Waals surface area contributed by atoms with E-state index in [9.17, 15) is 15.4 Å². The third kappa shape index (κ3) is 4.42. The molecule has 0 aliphatic rings. The summed E-state index contributed by atoms with van der Waals surface area (Å²) in [7, 11) is 0. The molecule has 0 saturated carbocycles. The molecule has 2 aromatic carbocycles. The summed E-state index contributed by atoms with van der Waals surface area (Å²) in [6.45, 7) is 2.33. The molecular formula is C21H17N3O3S. The Bertz CT molecular complexity index is 1050. The van der Waals surface area contributed by atoms with E-state index in [0.717, 1.165) is 17.7 Å². The third-order valence-corrected chi connectivity index (χ3v) is 4.75. The van der Waals surface area contributed by atoms with Crippen molar-refractivity contribution in [3.63, 3.8) is 0 Å². The van der Waals surface area contributed by atoms with Crippen molar-refractivity contribution in [1.82, 2.24) is 4.98 Å². The van der Waals surface area contributed by atoms with Gasteiger partial charge in [-0.15, -0.1) is 11.3 Å². The van der Waals surface area contributed by atoms with E-state index in [1.165, 1.54) is 17.4 Å². The first-order chi connectivity index (χ1) is 13.6. The van der Waals surface area contributed by atoms with Crippen molar-refractivity contribution < 1.29 is 9.66 Å². The van der Waals surface area contributed by atoms with Gasteiger partial charge in [-0.3, -0.25) is 10.1 Å². The normalized spacial score (nSPS) is 11.1. The lowest BCUT2D eigenvalue weighted by molar-refractivity contribution is -0.385. The first-order valence-electron chi connectivity index (χ1n) is 8.66. The summed E-state index contributed by atoms with van der Waals surface area (Å²) >= 11 is 1.36. The third-order valence-electron chi connectivity index (χ3n) is 3.88. The molecule has 0 amide bonds. The Morgan fingerprint density at radius 2 is 2.11 bits per heavy atom. The van der Waals surface area contributed by atoms with E-state index in [4.69, 9.17) is 4.74 Å². The molecule has 0 unspecified atom stereocenters. The van der Waals surface area contributed by atoms with Gasteiger partial charge < -0.3 is 4.74 Å². The Hall–Kier alpha value is -3.50. The van der Waals surface area contributed by atoms with Crippen LogP contribution in [0, 0.1) is 21.4 Å². The van der Waals surface area contributed by atoms with Gasteiger partial charge in [0.25, 0.3) is 0 Å². The maximum Gasteiger partial charge on any atom is 0.311 e. The molecular weight excluding hydrogens is 374 g/mol. The van der Waals surface area contributed by atoms with Crippen LogP contribution < -0.4 is 4.74 Å². The number of nitriles is 1. The molecule has 6 nitrogen and oxygen atoms in total. The molecule has 0 aliphatic carbocycles. The van der Waals surface area contributed by atoms with E-state index < -0.39 is 4.92 Å². The van der Waals surface area contributed by atoms with Gasteiger partial charge in [-0.1, -0.05) is 43.3 Å². The largest absolute Gasteiger partial charge is 0.487 e. The Kier molecular flexibility index (Phi) is 6.14. The van der Waals surface area contributed by atoms with Crippen molar-refractivity contribution in [2.75, 3.05) is 6.61 Å². The van der Waals surface area contributed by atoms with Gasteiger partial charge in [0.15, 0.2) is 5.75 Å². The number of aromatic nitrogens is 1. The van der Waals surface area contributed by atoms with Crippen LogP contribution in [0.4, 0.5) is 5.69 Å². The van der Waals surface area contributed by atoms with E-state index in [2.05, 4.69) is 11.1 Å². The molecule has 0 N–H and O–H groups in total. The molecule has 1 aromatic heterocycles. The molecule has 0 spiro atoms. The van der Waals surface area contributed by atoms with Crippen molar-refractivity contribution in [3.8, 4) is 23.1 Å². The number of rotatable bonds is 7. The summed E-state index contributed by atoms with van der Waals surface area (Å²) in [5.41, 5.74) is 2.53. The minimum absolute atomic E-state index is 0.122. The standard InChI is InChI=1S/C21H17N3O3S/c1-2-10-27-20-9-8-15(12-19(20)24(25)26)11-17(13-22)21-23-18(14-28-21)16-6-4-3-5-7-16/h3-9,11-12,14H,2,10H2,1H3/b17-11-. The summed E-state index contributed by atoms with van der Waals surface area (Å²) in [6, 6.07) is 16.5. The lowest BCUT2D eigenvalue weighted by Crippen LogP contribution is -1.99. The monoisotopic (exact) mass is 391 g/mol. The maximum atomic E-state index is 11.4. The summed E-state index contributed by atoms with van der Waals surface area (Å²) < 4.78 is 5.43. The van der Waals surface area contributed by atoms with Crippen molar-refractivity contribution in [2.24, 2.45) is 0 Å². The van der Waals surface area contributed by atoms with Crippen molar-refractivity contribution >= 4 is 28.7 Å². The van der Waals surface area contributed by atoms with Crippen LogP contribution in [0.3, 0.4) is 0 Å². The molecule has 0 radical (unpaired) electrons.